The van der Waals surface area contributed by atoms with Crippen molar-refractivity contribution in [3.63, 3.8) is 0 Å². The van der Waals surface area contributed by atoms with Gasteiger partial charge in [-0.05, 0) is 36.2 Å². The molecule has 2 unspecified atom stereocenters. The van der Waals surface area contributed by atoms with E-state index in [0.717, 1.165) is 5.56 Å². The first kappa shape index (κ1) is 19.9. The van der Waals surface area contributed by atoms with Gasteiger partial charge in [-0.1, -0.05) is 34.1 Å². The van der Waals surface area contributed by atoms with Crippen molar-refractivity contribution in [2.75, 3.05) is 13.7 Å². The van der Waals surface area contributed by atoms with Gasteiger partial charge in [0.15, 0.2) is 6.10 Å². The number of hydrogen-bond donors (Lipinski definition) is 0. The van der Waals surface area contributed by atoms with Crippen LogP contribution in [0.3, 0.4) is 0 Å². The lowest BCUT2D eigenvalue weighted by Gasteiger charge is -2.17. The number of methoxy groups -OCH3 is 1. The summed E-state index contributed by atoms with van der Waals surface area (Å²) >= 11 is 3.30. The molecule has 7 heteroatoms. The van der Waals surface area contributed by atoms with Crippen LogP contribution in [0.25, 0.3) is 0 Å². The molecule has 1 aromatic carbocycles. The molecule has 2 atom stereocenters. The summed E-state index contributed by atoms with van der Waals surface area (Å²) in [5, 5.41) is 0. The molecule has 0 amide bonds. The minimum atomic E-state index is -0.584. The summed E-state index contributed by atoms with van der Waals surface area (Å²) in [6.45, 7) is 1.50. The first-order chi connectivity index (χ1) is 12.5. The van der Waals surface area contributed by atoms with Gasteiger partial charge < -0.3 is 14.2 Å². The maximum Gasteiger partial charge on any atom is 0.319 e. The Kier molecular flexibility index (Phi) is 7.59. The van der Waals surface area contributed by atoms with Crippen molar-refractivity contribution < 1.29 is 23.8 Å². The number of rotatable bonds is 8. The van der Waals surface area contributed by atoms with E-state index in [0.29, 0.717) is 17.9 Å². The topological polar surface area (TPSA) is 74.7 Å². The SMILES string of the molecule is COC(=O)C(Br)Cc1ccc(OCC(OC(C)=O)c2ccccn2)cc1. The maximum atomic E-state index is 11.4. The maximum absolute atomic E-state index is 11.4. The monoisotopic (exact) mass is 421 g/mol. The van der Waals surface area contributed by atoms with Gasteiger partial charge in [0.25, 0.3) is 0 Å². The normalized spacial score (nSPS) is 12.7. The van der Waals surface area contributed by atoms with Crippen LogP contribution in [-0.4, -0.2) is 35.5 Å². The van der Waals surface area contributed by atoms with Crippen LogP contribution >= 0.6 is 15.9 Å². The predicted molar refractivity (Wildman–Crippen MR) is 99.1 cm³/mol. The molecule has 1 heterocycles. The molecule has 1 aromatic heterocycles. The zero-order chi connectivity index (χ0) is 18.9. The highest BCUT2D eigenvalue weighted by Gasteiger charge is 2.18. The molecule has 0 saturated heterocycles. The van der Waals surface area contributed by atoms with Gasteiger partial charge in [-0.25, -0.2) is 0 Å². The number of hydrogen-bond acceptors (Lipinski definition) is 6. The van der Waals surface area contributed by atoms with Crippen LogP contribution in [-0.2, 0) is 25.5 Å². The lowest BCUT2D eigenvalue weighted by atomic mass is 10.1. The molecule has 0 N–H and O–H groups in total. The van der Waals surface area contributed by atoms with Crippen LogP contribution in [0.2, 0.25) is 0 Å². The lowest BCUT2D eigenvalue weighted by Crippen LogP contribution is -2.18. The third-order valence-electron chi connectivity index (χ3n) is 3.52. The zero-order valence-corrected chi connectivity index (χ0v) is 16.1. The van der Waals surface area contributed by atoms with Crippen molar-refractivity contribution in [2.45, 2.75) is 24.3 Å². The smallest absolute Gasteiger partial charge is 0.319 e. The number of aromatic nitrogens is 1. The van der Waals surface area contributed by atoms with E-state index < -0.39 is 16.9 Å². The lowest BCUT2D eigenvalue weighted by molar-refractivity contribution is -0.148. The summed E-state index contributed by atoms with van der Waals surface area (Å²) < 4.78 is 15.7. The molecule has 0 fully saturated rings. The Morgan fingerprint density at radius 2 is 1.88 bits per heavy atom. The van der Waals surface area contributed by atoms with Gasteiger partial charge in [0, 0.05) is 13.1 Å². The molecule has 6 nitrogen and oxygen atoms in total. The second-order valence-corrected chi connectivity index (χ2v) is 6.61. The number of carbonyl (C=O) groups is 2. The van der Waals surface area contributed by atoms with Crippen LogP contribution < -0.4 is 4.74 Å². The van der Waals surface area contributed by atoms with E-state index in [9.17, 15) is 9.59 Å². The van der Waals surface area contributed by atoms with Gasteiger partial charge in [-0.3, -0.25) is 14.6 Å². The van der Waals surface area contributed by atoms with E-state index >= 15 is 0 Å². The quantitative estimate of drug-likeness (QED) is 0.481. The number of ether oxygens (including phenoxy) is 3. The molecule has 0 aliphatic rings. The summed E-state index contributed by atoms with van der Waals surface area (Å²) in [4.78, 5) is 26.6. The van der Waals surface area contributed by atoms with Crippen LogP contribution in [0.5, 0.6) is 5.75 Å². The Hall–Kier alpha value is -2.41. The van der Waals surface area contributed by atoms with Crippen molar-refractivity contribution in [1.82, 2.24) is 4.98 Å². The highest BCUT2D eigenvalue weighted by atomic mass is 79.9. The molecular weight excluding hydrogens is 402 g/mol. The van der Waals surface area contributed by atoms with Gasteiger partial charge in [-0.2, -0.15) is 0 Å². The van der Waals surface area contributed by atoms with Crippen LogP contribution in [0.15, 0.2) is 48.7 Å². The largest absolute Gasteiger partial charge is 0.489 e. The first-order valence-electron chi connectivity index (χ1n) is 8.01. The second-order valence-electron chi connectivity index (χ2n) is 5.50. The van der Waals surface area contributed by atoms with Gasteiger partial charge >= 0.3 is 11.9 Å². The Morgan fingerprint density at radius 1 is 1.15 bits per heavy atom. The molecule has 0 aliphatic carbocycles. The van der Waals surface area contributed by atoms with Crippen molar-refractivity contribution in [2.24, 2.45) is 0 Å². The number of benzene rings is 1. The van der Waals surface area contributed by atoms with Crippen molar-refractivity contribution in [1.29, 1.82) is 0 Å². The van der Waals surface area contributed by atoms with E-state index in [1.165, 1.54) is 14.0 Å². The molecule has 0 saturated carbocycles. The molecular formula is C19H20BrNO5. The number of nitrogens with zero attached hydrogens (tertiary/aromatic N) is 1. The fraction of sp³-hybridized carbons (Fsp3) is 0.316. The fourth-order valence-electron chi connectivity index (χ4n) is 2.26. The third kappa shape index (κ3) is 6.15. The van der Waals surface area contributed by atoms with Gasteiger partial charge in [-0.15, -0.1) is 0 Å². The Morgan fingerprint density at radius 3 is 2.46 bits per heavy atom. The minimum Gasteiger partial charge on any atom is -0.489 e. The van der Waals surface area contributed by atoms with Gasteiger partial charge in [0.05, 0.1) is 12.8 Å². The second kappa shape index (κ2) is 9.91. The number of pyridine rings is 1. The predicted octanol–water partition coefficient (Wildman–Crippen LogP) is 3.24. The molecule has 0 bridgehead atoms. The number of carbonyl (C=O) groups excluding carboxylic acids is 2. The Bertz CT molecular complexity index is 720. The highest BCUT2D eigenvalue weighted by Crippen LogP contribution is 2.20. The summed E-state index contributed by atoms with van der Waals surface area (Å²) in [6.07, 6.45) is 1.56. The molecule has 2 rings (SSSR count). The van der Waals surface area contributed by atoms with E-state index in [4.69, 9.17) is 9.47 Å². The summed E-state index contributed by atoms with van der Waals surface area (Å²) in [5.74, 6) is -0.0818. The molecule has 0 radical (unpaired) electrons. The van der Waals surface area contributed by atoms with Gasteiger partial charge in [0.1, 0.15) is 17.2 Å². The standard InChI is InChI=1S/C19H20BrNO5/c1-13(22)26-18(17-5-3-4-10-21-17)12-25-15-8-6-14(7-9-15)11-16(20)19(23)24-2/h3-10,16,18H,11-12H2,1-2H3. The summed E-state index contributed by atoms with van der Waals surface area (Å²) in [6, 6.07) is 12.7. The number of esters is 2. The molecule has 26 heavy (non-hydrogen) atoms. The van der Waals surface area contributed by atoms with Crippen molar-refractivity contribution >= 4 is 27.9 Å². The average molecular weight is 422 g/mol. The van der Waals surface area contributed by atoms with Gasteiger partial charge in [0.2, 0.25) is 0 Å². The number of halogens is 1. The first-order valence-corrected chi connectivity index (χ1v) is 8.93. The molecule has 0 aliphatic heterocycles. The van der Waals surface area contributed by atoms with Crippen LogP contribution in [0, 0.1) is 0 Å². The average Bonchev–Trinajstić information content (AvgIpc) is 2.66. The van der Waals surface area contributed by atoms with Crippen molar-refractivity contribution in [3.8, 4) is 5.75 Å². The summed E-state index contributed by atoms with van der Waals surface area (Å²) in [7, 11) is 1.36. The Labute approximate surface area is 160 Å². The number of alkyl halides is 1. The zero-order valence-electron chi connectivity index (χ0n) is 14.6. The van der Waals surface area contributed by atoms with E-state index in [1.807, 2.05) is 18.2 Å². The van der Waals surface area contributed by atoms with E-state index in [1.54, 1.807) is 30.5 Å². The van der Waals surface area contributed by atoms with Crippen molar-refractivity contribution in [3.05, 3.63) is 59.9 Å². The molecule has 2 aromatic rings. The Balaban J connectivity index is 1.96. The summed E-state index contributed by atoms with van der Waals surface area (Å²) in [5.41, 5.74) is 1.59. The van der Waals surface area contributed by atoms with Crippen LogP contribution in [0.4, 0.5) is 0 Å². The van der Waals surface area contributed by atoms with Crippen LogP contribution in [0.1, 0.15) is 24.3 Å². The van der Waals surface area contributed by atoms with E-state index in [-0.39, 0.29) is 12.6 Å². The highest BCUT2D eigenvalue weighted by molar-refractivity contribution is 9.10. The fourth-order valence-corrected chi connectivity index (χ4v) is 2.82. The third-order valence-corrected chi connectivity index (χ3v) is 4.22. The van der Waals surface area contributed by atoms with E-state index in [2.05, 4.69) is 25.7 Å². The molecule has 138 valence electrons. The molecule has 0 spiro atoms. The minimum absolute atomic E-state index is 0.152.